The molecule has 0 aliphatic heterocycles. The number of rotatable bonds is 8. The van der Waals surface area contributed by atoms with Gasteiger partial charge in [-0.25, -0.2) is 0 Å². The predicted octanol–water partition coefficient (Wildman–Crippen LogP) is 0.911. The summed E-state index contributed by atoms with van der Waals surface area (Å²) in [5.74, 6) is -0.300. The van der Waals surface area contributed by atoms with Crippen molar-refractivity contribution in [1.82, 2.24) is 10.2 Å². The molecule has 2 N–H and O–H groups in total. The third kappa shape index (κ3) is 7.48. The van der Waals surface area contributed by atoms with E-state index in [1.165, 1.54) is 9.80 Å². The van der Waals surface area contributed by atoms with Gasteiger partial charge in [0.2, 0.25) is 5.91 Å². The minimum absolute atomic E-state index is 0.0995. The number of nitrogens with zero attached hydrogens (tertiary/aromatic N) is 1. The Labute approximate surface area is 117 Å². The molecule has 1 rings (SSSR count). The van der Waals surface area contributed by atoms with Gasteiger partial charge in [-0.1, -0.05) is 18.2 Å². The van der Waals surface area contributed by atoms with Crippen molar-refractivity contribution in [2.45, 2.75) is 4.90 Å². The molecule has 0 radical (unpaired) electrons. The number of benzene rings is 1. The lowest BCUT2D eigenvalue weighted by Gasteiger charge is -2.13. The summed E-state index contributed by atoms with van der Waals surface area (Å²) in [5.41, 5.74) is 0. The topological polar surface area (TPSA) is 69.6 Å². The summed E-state index contributed by atoms with van der Waals surface area (Å²) in [7, 11) is 1.60. The maximum atomic E-state index is 11.5. The van der Waals surface area contributed by atoms with Crippen LogP contribution in [0.4, 0.5) is 0 Å². The van der Waals surface area contributed by atoms with Crippen LogP contribution < -0.4 is 5.32 Å². The van der Waals surface area contributed by atoms with E-state index < -0.39 is 5.97 Å². The number of thioether (sulfide) groups is 1. The van der Waals surface area contributed by atoms with Crippen molar-refractivity contribution in [2.75, 3.05) is 32.4 Å². The second-order valence-electron chi connectivity index (χ2n) is 4.08. The fraction of sp³-hybridized carbons (Fsp3) is 0.385. The number of amides is 1. The van der Waals surface area contributed by atoms with Crippen LogP contribution >= 0.6 is 11.8 Å². The zero-order chi connectivity index (χ0) is 14.1. The number of carbonyl (C=O) groups excluding carboxylic acids is 1. The first-order valence-corrected chi connectivity index (χ1v) is 6.91. The molecule has 0 saturated carbocycles. The molecule has 0 saturated heterocycles. The number of aliphatic carboxylic acids is 1. The van der Waals surface area contributed by atoms with Crippen LogP contribution in [-0.4, -0.2) is 54.3 Å². The van der Waals surface area contributed by atoms with E-state index in [1.807, 2.05) is 30.3 Å². The lowest BCUT2D eigenvalue weighted by Crippen LogP contribution is -2.38. The van der Waals surface area contributed by atoms with Crippen molar-refractivity contribution in [3.63, 3.8) is 0 Å². The van der Waals surface area contributed by atoms with Crippen LogP contribution in [0.3, 0.4) is 0 Å². The van der Waals surface area contributed by atoms with Crippen molar-refractivity contribution in [2.24, 2.45) is 0 Å². The molecular formula is C13H18N2O3S. The Hall–Kier alpha value is -1.53. The molecule has 6 heteroatoms. The van der Waals surface area contributed by atoms with Gasteiger partial charge in [-0.05, 0) is 19.2 Å². The second-order valence-corrected chi connectivity index (χ2v) is 5.25. The monoisotopic (exact) mass is 282 g/mol. The number of carbonyl (C=O) groups is 2. The first-order valence-electron chi connectivity index (χ1n) is 5.93. The van der Waals surface area contributed by atoms with E-state index in [-0.39, 0.29) is 19.0 Å². The van der Waals surface area contributed by atoms with Crippen molar-refractivity contribution < 1.29 is 14.7 Å². The van der Waals surface area contributed by atoms with Crippen LogP contribution in [0.1, 0.15) is 0 Å². The third-order valence-electron chi connectivity index (χ3n) is 2.25. The van der Waals surface area contributed by atoms with Gasteiger partial charge in [-0.15, -0.1) is 11.8 Å². The molecule has 0 unspecified atom stereocenters. The van der Waals surface area contributed by atoms with Crippen LogP contribution in [0, 0.1) is 0 Å². The van der Waals surface area contributed by atoms with Gasteiger partial charge in [-0.2, -0.15) is 0 Å². The highest BCUT2D eigenvalue weighted by Gasteiger charge is 2.08. The molecule has 1 aromatic rings. The summed E-state index contributed by atoms with van der Waals surface area (Å²) in [4.78, 5) is 24.5. The quantitative estimate of drug-likeness (QED) is 0.548. The van der Waals surface area contributed by atoms with E-state index in [1.54, 1.807) is 18.8 Å². The molecule has 0 aromatic heterocycles. The van der Waals surface area contributed by atoms with Crippen molar-refractivity contribution in [1.29, 1.82) is 0 Å². The summed E-state index contributed by atoms with van der Waals surface area (Å²) in [6.45, 7) is 0.536. The van der Waals surface area contributed by atoms with Crippen molar-refractivity contribution >= 4 is 23.6 Å². The molecule has 19 heavy (non-hydrogen) atoms. The number of carboxylic acids is 1. The van der Waals surface area contributed by atoms with Gasteiger partial charge in [0, 0.05) is 17.2 Å². The maximum absolute atomic E-state index is 11.5. The predicted molar refractivity (Wildman–Crippen MR) is 75.3 cm³/mol. The normalized spacial score (nSPS) is 10.4. The van der Waals surface area contributed by atoms with Gasteiger partial charge in [0.25, 0.3) is 0 Å². The Morgan fingerprint density at radius 1 is 1.26 bits per heavy atom. The van der Waals surface area contributed by atoms with Crippen molar-refractivity contribution in [3.8, 4) is 0 Å². The number of likely N-dealkylation sites (N-methyl/N-ethyl adjacent to an activating group) is 1. The van der Waals surface area contributed by atoms with E-state index in [0.717, 1.165) is 5.75 Å². The molecule has 0 heterocycles. The highest BCUT2D eigenvalue weighted by atomic mass is 32.2. The highest BCUT2D eigenvalue weighted by molar-refractivity contribution is 7.99. The number of hydrogen-bond acceptors (Lipinski definition) is 4. The van der Waals surface area contributed by atoms with Crippen LogP contribution in [0.15, 0.2) is 35.2 Å². The molecule has 0 spiro atoms. The molecular weight excluding hydrogens is 264 g/mol. The van der Waals surface area contributed by atoms with Crippen LogP contribution in [0.25, 0.3) is 0 Å². The second kappa shape index (κ2) is 8.55. The largest absolute Gasteiger partial charge is 0.480 e. The standard InChI is InChI=1S/C13H18N2O3S/c1-15(10-13(17)18)9-12(16)14-7-8-19-11-5-3-2-4-6-11/h2-6H,7-10H2,1H3,(H,14,16)(H,17,18). The average molecular weight is 282 g/mol. The minimum atomic E-state index is -0.935. The molecule has 0 aliphatic carbocycles. The van der Waals surface area contributed by atoms with Gasteiger partial charge in [-0.3, -0.25) is 14.5 Å². The van der Waals surface area contributed by atoms with Crippen LogP contribution in [-0.2, 0) is 9.59 Å². The van der Waals surface area contributed by atoms with E-state index in [0.29, 0.717) is 6.54 Å². The Morgan fingerprint density at radius 3 is 2.58 bits per heavy atom. The number of carboxylic acid groups (broad SMARTS) is 1. The molecule has 0 fully saturated rings. The van der Waals surface area contributed by atoms with Crippen molar-refractivity contribution in [3.05, 3.63) is 30.3 Å². The zero-order valence-electron chi connectivity index (χ0n) is 10.8. The molecule has 0 aliphatic rings. The summed E-state index contributed by atoms with van der Waals surface area (Å²) in [6, 6.07) is 9.95. The van der Waals surface area contributed by atoms with E-state index in [4.69, 9.17) is 5.11 Å². The van der Waals surface area contributed by atoms with Gasteiger partial charge < -0.3 is 10.4 Å². The highest BCUT2D eigenvalue weighted by Crippen LogP contribution is 2.15. The maximum Gasteiger partial charge on any atom is 0.317 e. The smallest absolute Gasteiger partial charge is 0.317 e. The zero-order valence-corrected chi connectivity index (χ0v) is 11.7. The number of hydrogen-bond donors (Lipinski definition) is 2. The molecule has 1 aromatic carbocycles. The Bertz CT molecular complexity index is 412. The van der Waals surface area contributed by atoms with Gasteiger partial charge in [0.15, 0.2) is 0 Å². The minimum Gasteiger partial charge on any atom is -0.480 e. The average Bonchev–Trinajstić information content (AvgIpc) is 2.35. The lowest BCUT2D eigenvalue weighted by molar-refractivity contribution is -0.138. The van der Waals surface area contributed by atoms with E-state index >= 15 is 0 Å². The number of nitrogens with one attached hydrogen (secondary N) is 1. The third-order valence-corrected chi connectivity index (χ3v) is 3.27. The van der Waals surface area contributed by atoms with E-state index in [9.17, 15) is 9.59 Å². The Balaban J connectivity index is 2.12. The van der Waals surface area contributed by atoms with E-state index in [2.05, 4.69) is 5.32 Å². The fourth-order valence-corrected chi connectivity index (χ4v) is 2.25. The van der Waals surface area contributed by atoms with Gasteiger partial charge in [0.1, 0.15) is 0 Å². The van der Waals surface area contributed by atoms with Gasteiger partial charge in [0.05, 0.1) is 13.1 Å². The van der Waals surface area contributed by atoms with Crippen LogP contribution in [0.5, 0.6) is 0 Å². The Kier molecular flexibility index (Phi) is 6.99. The Morgan fingerprint density at radius 2 is 1.95 bits per heavy atom. The molecule has 0 bridgehead atoms. The molecule has 104 valence electrons. The molecule has 5 nitrogen and oxygen atoms in total. The lowest BCUT2D eigenvalue weighted by atomic mass is 10.4. The summed E-state index contributed by atoms with van der Waals surface area (Å²) >= 11 is 1.67. The summed E-state index contributed by atoms with van der Waals surface area (Å²) in [5, 5.41) is 11.3. The molecule has 0 atom stereocenters. The summed E-state index contributed by atoms with van der Waals surface area (Å²) < 4.78 is 0. The van der Waals surface area contributed by atoms with Crippen LogP contribution in [0.2, 0.25) is 0 Å². The van der Waals surface area contributed by atoms with Gasteiger partial charge >= 0.3 is 5.97 Å². The molecule has 1 amide bonds. The first kappa shape index (κ1) is 15.5. The summed E-state index contributed by atoms with van der Waals surface area (Å²) in [6.07, 6.45) is 0. The SMILES string of the molecule is CN(CC(=O)O)CC(=O)NCCSc1ccccc1. The first-order chi connectivity index (χ1) is 9.08. The fourth-order valence-electron chi connectivity index (χ4n) is 1.46.